The molecule has 88 valence electrons. The van der Waals surface area contributed by atoms with Crippen molar-refractivity contribution in [3.63, 3.8) is 0 Å². The molecule has 0 aromatic carbocycles. The van der Waals surface area contributed by atoms with Crippen LogP contribution in [0.5, 0.6) is 0 Å². The van der Waals surface area contributed by atoms with Crippen LogP contribution in [0, 0.1) is 0 Å². The Balaban J connectivity index is 2.62. The number of nitrogens with one attached hydrogen (secondary N) is 1. The Labute approximate surface area is 89.6 Å². The van der Waals surface area contributed by atoms with Gasteiger partial charge in [0.25, 0.3) is 0 Å². The summed E-state index contributed by atoms with van der Waals surface area (Å²) in [6, 6.07) is 0. The summed E-state index contributed by atoms with van der Waals surface area (Å²) in [6.45, 7) is 2.32. The summed E-state index contributed by atoms with van der Waals surface area (Å²) in [6.07, 6.45) is 0.764. The minimum atomic E-state index is -3.50. The van der Waals surface area contributed by atoms with Crippen LogP contribution in [-0.4, -0.2) is 57.7 Å². The van der Waals surface area contributed by atoms with Crippen molar-refractivity contribution < 1.29 is 17.9 Å². The van der Waals surface area contributed by atoms with Crippen LogP contribution in [0.25, 0.3) is 0 Å². The maximum Gasteiger partial charge on any atom is 0.322 e. The first-order valence-electron chi connectivity index (χ1n) is 4.81. The lowest BCUT2D eigenvalue weighted by molar-refractivity contribution is -0.137. The Kier molecular flexibility index (Phi) is 4.49. The van der Waals surface area contributed by atoms with E-state index in [1.165, 1.54) is 11.4 Å². The van der Waals surface area contributed by atoms with E-state index in [1.54, 1.807) is 0 Å². The van der Waals surface area contributed by atoms with Crippen molar-refractivity contribution in [2.75, 3.05) is 39.0 Å². The number of methoxy groups -OCH3 is 1. The number of rotatable bonds is 3. The normalized spacial score (nSPS) is 19.5. The lowest BCUT2D eigenvalue weighted by Crippen LogP contribution is -2.38. The van der Waals surface area contributed by atoms with Crippen LogP contribution in [0.15, 0.2) is 0 Å². The van der Waals surface area contributed by atoms with E-state index in [4.69, 9.17) is 0 Å². The van der Waals surface area contributed by atoms with Crippen LogP contribution in [0.2, 0.25) is 0 Å². The first kappa shape index (κ1) is 12.4. The fraction of sp³-hybridized carbons (Fsp3) is 0.875. The van der Waals surface area contributed by atoms with Gasteiger partial charge in [-0.05, 0) is 13.0 Å². The topological polar surface area (TPSA) is 75.7 Å². The molecule has 0 aliphatic carbocycles. The highest BCUT2D eigenvalue weighted by Gasteiger charge is 2.25. The number of carbonyl (C=O) groups excluding carboxylic acids is 1. The average Bonchev–Trinajstić information content (AvgIpc) is 2.45. The van der Waals surface area contributed by atoms with Gasteiger partial charge in [0.05, 0.1) is 7.11 Å². The zero-order valence-corrected chi connectivity index (χ0v) is 9.55. The third kappa shape index (κ3) is 3.77. The van der Waals surface area contributed by atoms with Gasteiger partial charge in [-0.15, -0.1) is 0 Å². The highest BCUT2D eigenvalue weighted by Crippen LogP contribution is 2.04. The molecule has 1 rings (SSSR count). The molecular formula is C8H16N2O4S. The van der Waals surface area contributed by atoms with E-state index in [-0.39, 0.29) is 0 Å². The van der Waals surface area contributed by atoms with E-state index < -0.39 is 21.7 Å². The molecule has 1 heterocycles. The van der Waals surface area contributed by atoms with Crippen LogP contribution < -0.4 is 5.32 Å². The zero-order valence-electron chi connectivity index (χ0n) is 8.73. The van der Waals surface area contributed by atoms with Gasteiger partial charge in [0.15, 0.2) is 5.75 Å². The van der Waals surface area contributed by atoms with E-state index in [0.29, 0.717) is 19.6 Å². The lowest BCUT2D eigenvalue weighted by Gasteiger charge is -2.18. The second-order valence-corrected chi connectivity index (χ2v) is 5.30. The van der Waals surface area contributed by atoms with Gasteiger partial charge in [-0.2, -0.15) is 0 Å². The second-order valence-electron chi connectivity index (χ2n) is 3.33. The predicted octanol–water partition coefficient (Wildman–Crippen LogP) is -1.22. The van der Waals surface area contributed by atoms with E-state index in [0.717, 1.165) is 13.0 Å². The Morgan fingerprint density at radius 3 is 2.80 bits per heavy atom. The van der Waals surface area contributed by atoms with Crippen molar-refractivity contribution in [1.29, 1.82) is 0 Å². The molecule has 0 spiro atoms. The number of nitrogens with zero attached hydrogens (tertiary/aromatic N) is 1. The molecule has 0 radical (unpaired) electrons. The molecule has 0 unspecified atom stereocenters. The molecule has 0 aromatic heterocycles. The number of esters is 1. The van der Waals surface area contributed by atoms with Gasteiger partial charge in [0.1, 0.15) is 0 Å². The summed E-state index contributed by atoms with van der Waals surface area (Å²) in [5, 5.41) is 3.09. The van der Waals surface area contributed by atoms with Crippen molar-refractivity contribution in [3.8, 4) is 0 Å². The Morgan fingerprint density at radius 1 is 1.40 bits per heavy atom. The highest BCUT2D eigenvalue weighted by atomic mass is 32.2. The molecule has 1 N–H and O–H groups in total. The largest absolute Gasteiger partial charge is 0.468 e. The molecule has 1 fully saturated rings. The first-order valence-corrected chi connectivity index (χ1v) is 6.42. The third-order valence-electron chi connectivity index (χ3n) is 2.22. The van der Waals surface area contributed by atoms with Crippen molar-refractivity contribution in [2.45, 2.75) is 6.42 Å². The van der Waals surface area contributed by atoms with Crippen LogP contribution in [-0.2, 0) is 19.6 Å². The smallest absolute Gasteiger partial charge is 0.322 e. The minimum absolute atomic E-state index is 0.416. The number of hydrogen-bond acceptors (Lipinski definition) is 5. The van der Waals surface area contributed by atoms with E-state index in [1.807, 2.05) is 0 Å². The predicted molar refractivity (Wildman–Crippen MR) is 54.9 cm³/mol. The zero-order chi connectivity index (χ0) is 11.3. The van der Waals surface area contributed by atoms with Gasteiger partial charge < -0.3 is 10.1 Å². The average molecular weight is 236 g/mol. The molecule has 0 amide bonds. The molecule has 0 aromatic rings. The summed E-state index contributed by atoms with van der Waals surface area (Å²) in [7, 11) is -2.32. The quantitative estimate of drug-likeness (QED) is 0.622. The summed E-state index contributed by atoms with van der Waals surface area (Å²) in [4.78, 5) is 10.9. The molecular weight excluding hydrogens is 220 g/mol. The Hall–Kier alpha value is -0.660. The van der Waals surface area contributed by atoms with Crippen molar-refractivity contribution in [3.05, 3.63) is 0 Å². The Morgan fingerprint density at radius 2 is 2.13 bits per heavy atom. The van der Waals surface area contributed by atoms with Gasteiger partial charge in [-0.3, -0.25) is 4.79 Å². The van der Waals surface area contributed by atoms with Crippen molar-refractivity contribution in [2.24, 2.45) is 0 Å². The molecule has 0 saturated carbocycles. The van der Waals surface area contributed by atoms with Gasteiger partial charge in [-0.1, -0.05) is 0 Å². The summed E-state index contributed by atoms with van der Waals surface area (Å²) in [5.41, 5.74) is 0. The summed E-state index contributed by atoms with van der Waals surface area (Å²) < 4.78 is 29.1. The van der Waals surface area contributed by atoms with Crippen molar-refractivity contribution in [1.82, 2.24) is 9.62 Å². The fourth-order valence-electron chi connectivity index (χ4n) is 1.40. The van der Waals surface area contributed by atoms with Crippen molar-refractivity contribution >= 4 is 16.0 Å². The molecule has 15 heavy (non-hydrogen) atoms. The molecule has 0 bridgehead atoms. The second kappa shape index (κ2) is 5.43. The van der Waals surface area contributed by atoms with Gasteiger partial charge in [0.2, 0.25) is 10.0 Å². The maximum absolute atomic E-state index is 11.7. The Bertz CT molecular complexity index is 307. The molecule has 6 nitrogen and oxygen atoms in total. The highest BCUT2D eigenvalue weighted by molar-refractivity contribution is 7.89. The van der Waals surface area contributed by atoms with E-state index in [2.05, 4.69) is 10.1 Å². The standard InChI is InChI=1S/C8H16N2O4S/c1-14-8(11)7-15(12,13)10-5-2-3-9-4-6-10/h9H,2-7H2,1H3. The van der Waals surface area contributed by atoms with Gasteiger partial charge in [0, 0.05) is 19.6 Å². The number of hydrogen-bond donors (Lipinski definition) is 1. The minimum Gasteiger partial charge on any atom is -0.468 e. The number of sulfonamides is 1. The molecule has 0 atom stereocenters. The van der Waals surface area contributed by atoms with Crippen LogP contribution in [0.3, 0.4) is 0 Å². The van der Waals surface area contributed by atoms with Gasteiger partial charge in [-0.25, -0.2) is 12.7 Å². The molecule has 1 saturated heterocycles. The first-order chi connectivity index (χ1) is 7.06. The summed E-state index contributed by atoms with van der Waals surface area (Å²) in [5.74, 6) is -1.28. The number of ether oxygens (including phenoxy) is 1. The SMILES string of the molecule is COC(=O)CS(=O)(=O)N1CCCNCC1. The molecule has 1 aliphatic rings. The molecule has 7 heteroatoms. The molecule has 1 aliphatic heterocycles. The lowest BCUT2D eigenvalue weighted by atomic mass is 10.4. The number of carbonyl (C=O) groups is 1. The maximum atomic E-state index is 11.7. The van der Waals surface area contributed by atoms with Gasteiger partial charge >= 0.3 is 5.97 Å². The fourth-order valence-corrected chi connectivity index (χ4v) is 2.77. The monoisotopic (exact) mass is 236 g/mol. The van der Waals surface area contributed by atoms with E-state index >= 15 is 0 Å². The van der Waals surface area contributed by atoms with Crippen LogP contribution in [0.1, 0.15) is 6.42 Å². The third-order valence-corrected chi connectivity index (χ3v) is 3.97. The van der Waals surface area contributed by atoms with Crippen LogP contribution >= 0.6 is 0 Å². The van der Waals surface area contributed by atoms with Crippen LogP contribution in [0.4, 0.5) is 0 Å². The summed E-state index contributed by atoms with van der Waals surface area (Å²) >= 11 is 0. The van der Waals surface area contributed by atoms with E-state index in [9.17, 15) is 13.2 Å².